The molecular weight excluding hydrogens is 451 g/mol. The molecular formula is C24H28F3N3O2S. The second kappa shape index (κ2) is 9.77. The van der Waals surface area contributed by atoms with Crippen LogP contribution in [0.15, 0.2) is 36.4 Å². The van der Waals surface area contributed by atoms with E-state index >= 15 is 0 Å². The van der Waals surface area contributed by atoms with Gasteiger partial charge in [-0.05, 0) is 48.7 Å². The number of thiazole rings is 1. The van der Waals surface area contributed by atoms with Gasteiger partial charge in [0.05, 0.1) is 10.2 Å². The Balaban J connectivity index is 1.52. The summed E-state index contributed by atoms with van der Waals surface area (Å²) in [7, 11) is 0. The van der Waals surface area contributed by atoms with Crippen LogP contribution in [-0.2, 0) is 6.54 Å². The third-order valence-electron chi connectivity index (χ3n) is 5.81. The maximum absolute atomic E-state index is 12.6. The fraction of sp³-hybridized carbons (Fsp3) is 0.458. The van der Waals surface area contributed by atoms with Gasteiger partial charge in [0, 0.05) is 38.3 Å². The van der Waals surface area contributed by atoms with Gasteiger partial charge in [-0.1, -0.05) is 37.2 Å². The average Bonchev–Trinajstić information content (AvgIpc) is 3.13. The summed E-state index contributed by atoms with van der Waals surface area (Å²) < 4.78 is 42.5. The average molecular weight is 480 g/mol. The van der Waals surface area contributed by atoms with Crippen molar-refractivity contribution in [2.75, 3.05) is 24.5 Å². The van der Waals surface area contributed by atoms with Crippen LogP contribution in [0.25, 0.3) is 10.2 Å². The van der Waals surface area contributed by atoms with Gasteiger partial charge in [0.2, 0.25) is 0 Å². The number of phenolic OH excluding ortho intramolecular Hbond substituents is 1. The summed E-state index contributed by atoms with van der Waals surface area (Å²) in [6.07, 6.45) is -1.51. The van der Waals surface area contributed by atoms with Crippen LogP contribution in [0.2, 0.25) is 0 Å². The maximum Gasteiger partial charge on any atom is 0.573 e. The van der Waals surface area contributed by atoms with Gasteiger partial charge in [-0.2, -0.15) is 0 Å². The van der Waals surface area contributed by atoms with Crippen LogP contribution in [0.3, 0.4) is 0 Å². The van der Waals surface area contributed by atoms with E-state index in [1.54, 1.807) is 12.1 Å². The first-order chi connectivity index (χ1) is 15.7. The van der Waals surface area contributed by atoms with Crippen molar-refractivity contribution in [3.63, 3.8) is 0 Å². The van der Waals surface area contributed by atoms with Crippen molar-refractivity contribution in [2.24, 2.45) is 0 Å². The summed E-state index contributed by atoms with van der Waals surface area (Å²) >= 11 is 1.41. The second-order valence-corrected chi connectivity index (χ2v) is 9.58. The third kappa shape index (κ3) is 6.09. The summed E-state index contributed by atoms with van der Waals surface area (Å²) in [5.41, 5.74) is 2.80. The van der Waals surface area contributed by atoms with E-state index in [-0.39, 0.29) is 17.5 Å². The summed E-state index contributed by atoms with van der Waals surface area (Å²) in [6.45, 7) is 7.41. The Hall–Kier alpha value is -2.52. The highest BCUT2D eigenvalue weighted by atomic mass is 32.1. The molecule has 5 nitrogen and oxygen atoms in total. The highest BCUT2D eigenvalue weighted by Crippen LogP contribution is 2.35. The number of unbranched alkanes of at least 4 members (excludes halogenated alkanes) is 1. The number of aryl methyl sites for hydroxylation is 1. The minimum Gasteiger partial charge on any atom is -0.508 e. The summed E-state index contributed by atoms with van der Waals surface area (Å²) in [4.78, 5) is 9.42. The molecule has 1 unspecified atom stereocenters. The first-order valence-corrected chi connectivity index (χ1v) is 12.0. The standard InChI is InChI=1S/C24H28F3N3O2S/c1-3-4-5-18-15-29(14-17-10-16(2)11-19(31)12-17)8-9-30(18)23-28-21-7-6-20(13-22(21)33-23)32-24(25,26)27/h6-7,10-13,18,31H,3-5,8-9,14-15H2,1-2H3. The first-order valence-electron chi connectivity index (χ1n) is 11.1. The van der Waals surface area contributed by atoms with Crippen LogP contribution in [0.1, 0.15) is 37.3 Å². The van der Waals surface area contributed by atoms with Crippen molar-refractivity contribution in [2.45, 2.75) is 52.1 Å². The van der Waals surface area contributed by atoms with E-state index in [1.165, 1.54) is 23.5 Å². The van der Waals surface area contributed by atoms with Crippen LogP contribution < -0.4 is 9.64 Å². The molecule has 2 aromatic carbocycles. The number of aromatic nitrogens is 1. The Morgan fingerprint density at radius 3 is 2.73 bits per heavy atom. The van der Waals surface area contributed by atoms with Gasteiger partial charge in [-0.25, -0.2) is 4.98 Å². The van der Waals surface area contributed by atoms with Crippen molar-refractivity contribution in [1.82, 2.24) is 9.88 Å². The molecule has 1 saturated heterocycles. The molecule has 0 bridgehead atoms. The van der Waals surface area contributed by atoms with E-state index in [1.807, 2.05) is 13.0 Å². The first kappa shape index (κ1) is 23.6. The van der Waals surface area contributed by atoms with Crippen molar-refractivity contribution >= 4 is 26.7 Å². The normalized spacial score (nSPS) is 17.6. The molecule has 0 amide bonds. The Bertz CT molecular complexity index is 1080. The van der Waals surface area contributed by atoms with E-state index < -0.39 is 6.36 Å². The molecule has 1 aromatic heterocycles. The molecule has 0 spiro atoms. The number of benzene rings is 2. The van der Waals surface area contributed by atoms with Crippen LogP contribution in [-0.4, -0.2) is 47.0 Å². The lowest BCUT2D eigenvalue weighted by Gasteiger charge is -2.41. The molecule has 0 radical (unpaired) electrons. The lowest BCUT2D eigenvalue weighted by atomic mass is 10.0. The molecule has 1 aliphatic heterocycles. The van der Waals surface area contributed by atoms with Gasteiger partial charge in [0.25, 0.3) is 0 Å². The molecule has 1 atom stereocenters. The number of piperazine rings is 1. The second-order valence-electron chi connectivity index (χ2n) is 8.58. The Kier molecular flexibility index (Phi) is 6.99. The fourth-order valence-electron chi connectivity index (χ4n) is 4.40. The van der Waals surface area contributed by atoms with Gasteiger partial charge in [-0.3, -0.25) is 4.90 Å². The molecule has 1 fully saturated rings. The summed E-state index contributed by atoms with van der Waals surface area (Å²) in [5.74, 6) is 0.0634. The van der Waals surface area contributed by atoms with Gasteiger partial charge >= 0.3 is 6.36 Å². The zero-order valence-corrected chi connectivity index (χ0v) is 19.5. The van der Waals surface area contributed by atoms with Gasteiger partial charge in [0.1, 0.15) is 11.5 Å². The number of hydrogen-bond donors (Lipinski definition) is 1. The number of phenols is 1. The van der Waals surface area contributed by atoms with Crippen molar-refractivity contribution in [3.05, 3.63) is 47.5 Å². The van der Waals surface area contributed by atoms with Gasteiger partial charge in [-0.15, -0.1) is 13.2 Å². The number of alkyl halides is 3. The predicted octanol–water partition coefficient (Wildman–Crippen LogP) is 6.09. The number of aromatic hydroxyl groups is 1. The van der Waals surface area contributed by atoms with E-state index in [0.717, 1.165) is 61.7 Å². The number of fused-ring (bicyclic) bond motifs is 1. The number of ether oxygens (including phenoxy) is 1. The lowest BCUT2D eigenvalue weighted by Crippen LogP contribution is -2.53. The predicted molar refractivity (Wildman–Crippen MR) is 125 cm³/mol. The summed E-state index contributed by atoms with van der Waals surface area (Å²) in [6, 6.07) is 10.2. The Morgan fingerprint density at radius 2 is 2.00 bits per heavy atom. The van der Waals surface area contributed by atoms with Crippen molar-refractivity contribution in [3.8, 4) is 11.5 Å². The van der Waals surface area contributed by atoms with E-state index in [2.05, 4.69) is 27.5 Å². The fourth-order valence-corrected chi connectivity index (χ4v) is 5.50. The monoisotopic (exact) mass is 479 g/mol. The summed E-state index contributed by atoms with van der Waals surface area (Å²) in [5, 5.41) is 10.8. The van der Waals surface area contributed by atoms with Crippen LogP contribution >= 0.6 is 11.3 Å². The number of nitrogens with zero attached hydrogens (tertiary/aromatic N) is 3. The molecule has 4 rings (SSSR count). The van der Waals surface area contributed by atoms with Gasteiger partial charge in [0.15, 0.2) is 5.13 Å². The number of rotatable bonds is 7. The van der Waals surface area contributed by atoms with E-state index in [4.69, 9.17) is 4.98 Å². The Morgan fingerprint density at radius 1 is 1.18 bits per heavy atom. The van der Waals surface area contributed by atoms with Crippen molar-refractivity contribution in [1.29, 1.82) is 0 Å². The number of anilines is 1. The van der Waals surface area contributed by atoms with Crippen molar-refractivity contribution < 1.29 is 23.0 Å². The quantitative estimate of drug-likeness (QED) is 0.444. The molecule has 0 saturated carbocycles. The molecule has 3 aromatic rings. The van der Waals surface area contributed by atoms with Crippen LogP contribution in [0.5, 0.6) is 11.5 Å². The number of halogens is 3. The minimum absolute atomic E-state index is 0.223. The molecule has 0 aliphatic carbocycles. The highest BCUT2D eigenvalue weighted by Gasteiger charge is 2.32. The van der Waals surface area contributed by atoms with Gasteiger partial charge < -0.3 is 14.7 Å². The smallest absolute Gasteiger partial charge is 0.508 e. The SMILES string of the molecule is CCCCC1CN(Cc2cc(C)cc(O)c2)CCN1c1nc2ccc(OC(F)(F)F)cc2s1. The minimum atomic E-state index is -4.71. The zero-order chi connectivity index (χ0) is 23.6. The highest BCUT2D eigenvalue weighted by molar-refractivity contribution is 7.22. The Labute approximate surface area is 195 Å². The largest absolute Gasteiger partial charge is 0.573 e. The van der Waals surface area contributed by atoms with Crippen LogP contribution in [0, 0.1) is 6.92 Å². The maximum atomic E-state index is 12.6. The molecule has 178 valence electrons. The molecule has 1 aliphatic rings. The third-order valence-corrected chi connectivity index (χ3v) is 6.87. The number of hydrogen-bond acceptors (Lipinski definition) is 6. The zero-order valence-electron chi connectivity index (χ0n) is 18.7. The molecule has 1 N–H and O–H groups in total. The topological polar surface area (TPSA) is 48.8 Å². The molecule has 33 heavy (non-hydrogen) atoms. The van der Waals surface area contributed by atoms with E-state index in [9.17, 15) is 18.3 Å². The molecule has 2 heterocycles. The lowest BCUT2D eigenvalue weighted by molar-refractivity contribution is -0.274. The molecule has 9 heteroatoms. The van der Waals surface area contributed by atoms with Crippen LogP contribution in [0.4, 0.5) is 18.3 Å². The van der Waals surface area contributed by atoms with E-state index in [0.29, 0.717) is 10.2 Å².